The molecule has 0 spiro atoms. The van der Waals surface area contributed by atoms with Crippen LogP contribution in [0, 0.1) is 12.8 Å². The third-order valence-electron chi connectivity index (χ3n) is 5.00. The van der Waals surface area contributed by atoms with E-state index in [0.717, 1.165) is 51.2 Å². The number of carbonyl (C=O) groups is 2. The van der Waals surface area contributed by atoms with Gasteiger partial charge in [0.2, 0.25) is 5.91 Å². The molecule has 0 unspecified atom stereocenters. The van der Waals surface area contributed by atoms with E-state index in [1.54, 1.807) is 18.1 Å². The van der Waals surface area contributed by atoms with E-state index in [1.165, 1.54) is 6.92 Å². The SMILES string of the molecule is COCCN1CCC(CN(C)C(=O)Nc2cc(NC(C)=O)ccc2C)CC1. The number of ether oxygens (including phenoxy) is 1. The van der Waals surface area contributed by atoms with Gasteiger partial charge in [-0.2, -0.15) is 0 Å². The molecule has 1 aromatic carbocycles. The van der Waals surface area contributed by atoms with Crippen LogP contribution in [0.2, 0.25) is 0 Å². The van der Waals surface area contributed by atoms with Gasteiger partial charge in [0.15, 0.2) is 0 Å². The first-order valence-corrected chi connectivity index (χ1v) is 9.50. The van der Waals surface area contributed by atoms with Gasteiger partial charge in [-0.15, -0.1) is 0 Å². The van der Waals surface area contributed by atoms with Crippen molar-refractivity contribution in [2.75, 3.05) is 57.6 Å². The van der Waals surface area contributed by atoms with Crippen molar-refractivity contribution in [3.8, 4) is 0 Å². The van der Waals surface area contributed by atoms with Crippen LogP contribution >= 0.6 is 0 Å². The molecular weight excluding hydrogens is 344 g/mol. The van der Waals surface area contributed by atoms with Crippen LogP contribution < -0.4 is 10.6 Å². The fourth-order valence-corrected chi connectivity index (χ4v) is 3.33. The molecule has 1 aliphatic rings. The summed E-state index contributed by atoms with van der Waals surface area (Å²) in [5.74, 6) is 0.386. The molecule has 1 aliphatic heterocycles. The van der Waals surface area contributed by atoms with E-state index in [1.807, 2.05) is 26.1 Å². The molecule has 1 aromatic rings. The van der Waals surface area contributed by atoms with Crippen molar-refractivity contribution in [2.24, 2.45) is 5.92 Å². The second-order valence-corrected chi connectivity index (χ2v) is 7.30. The number of rotatable bonds is 7. The highest BCUT2D eigenvalue weighted by atomic mass is 16.5. The summed E-state index contributed by atoms with van der Waals surface area (Å²) in [5, 5.41) is 5.70. The number of amides is 3. The van der Waals surface area contributed by atoms with Crippen LogP contribution in [0.5, 0.6) is 0 Å². The Bertz CT molecular complexity index is 642. The highest BCUT2D eigenvalue weighted by molar-refractivity contribution is 5.93. The largest absolute Gasteiger partial charge is 0.383 e. The van der Waals surface area contributed by atoms with Crippen LogP contribution in [-0.2, 0) is 9.53 Å². The lowest BCUT2D eigenvalue weighted by Gasteiger charge is -2.33. The summed E-state index contributed by atoms with van der Waals surface area (Å²) in [6.07, 6.45) is 2.19. The number of nitrogens with one attached hydrogen (secondary N) is 2. The van der Waals surface area contributed by atoms with Crippen LogP contribution in [0.3, 0.4) is 0 Å². The standard InChI is InChI=1S/C20H32N4O3/c1-15-5-6-18(21-16(2)25)13-19(15)22-20(26)23(3)14-17-7-9-24(10-8-17)11-12-27-4/h5-6,13,17H,7-12,14H2,1-4H3,(H,21,25)(H,22,26). The molecule has 1 heterocycles. The van der Waals surface area contributed by atoms with Crippen LogP contribution in [0.25, 0.3) is 0 Å². The van der Waals surface area contributed by atoms with Gasteiger partial charge in [0.25, 0.3) is 0 Å². The van der Waals surface area contributed by atoms with E-state index in [9.17, 15) is 9.59 Å². The maximum atomic E-state index is 12.6. The monoisotopic (exact) mass is 376 g/mol. The van der Waals surface area contributed by atoms with E-state index in [-0.39, 0.29) is 11.9 Å². The summed E-state index contributed by atoms with van der Waals surface area (Å²) in [7, 11) is 3.56. The zero-order valence-electron chi connectivity index (χ0n) is 16.9. The third kappa shape index (κ3) is 6.84. The van der Waals surface area contributed by atoms with Crippen LogP contribution in [0.4, 0.5) is 16.2 Å². The molecule has 7 nitrogen and oxygen atoms in total. The van der Waals surface area contributed by atoms with E-state index >= 15 is 0 Å². The molecule has 7 heteroatoms. The predicted octanol–water partition coefficient (Wildman–Crippen LogP) is 2.78. The van der Waals surface area contributed by atoms with Crippen LogP contribution in [0.15, 0.2) is 18.2 Å². The third-order valence-corrected chi connectivity index (χ3v) is 5.00. The molecule has 0 bridgehead atoms. The molecule has 2 rings (SSSR count). The molecule has 2 N–H and O–H groups in total. The summed E-state index contributed by atoms with van der Waals surface area (Å²) in [6, 6.07) is 5.38. The number of piperidine rings is 1. The van der Waals surface area contributed by atoms with Gasteiger partial charge in [0, 0.05) is 45.5 Å². The molecule has 0 aliphatic carbocycles. The molecule has 0 radical (unpaired) electrons. The molecular formula is C20H32N4O3. The number of hydrogen-bond donors (Lipinski definition) is 2. The molecule has 150 valence electrons. The Labute approximate surface area is 162 Å². The van der Waals surface area contributed by atoms with Gasteiger partial charge in [-0.25, -0.2) is 4.79 Å². The normalized spacial score (nSPS) is 15.4. The molecule has 1 fully saturated rings. The molecule has 0 aromatic heterocycles. The lowest BCUT2D eigenvalue weighted by Crippen LogP contribution is -2.41. The fourth-order valence-electron chi connectivity index (χ4n) is 3.33. The summed E-state index contributed by atoms with van der Waals surface area (Å²) in [4.78, 5) is 28.0. The molecule has 0 atom stereocenters. The van der Waals surface area contributed by atoms with E-state index in [0.29, 0.717) is 17.3 Å². The van der Waals surface area contributed by atoms with Gasteiger partial charge in [0.05, 0.1) is 6.61 Å². The first kappa shape index (κ1) is 21.2. The topological polar surface area (TPSA) is 73.9 Å². The van der Waals surface area contributed by atoms with Crippen molar-refractivity contribution in [1.82, 2.24) is 9.80 Å². The summed E-state index contributed by atoms with van der Waals surface area (Å²) < 4.78 is 5.14. The van der Waals surface area contributed by atoms with Gasteiger partial charge in [-0.05, 0) is 56.5 Å². The van der Waals surface area contributed by atoms with Crippen molar-refractivity contribution in [3.63, 3.8) is 0 Å². The smallest absolute Gasteiger partial charge is 0.321 e. The molecule has 27 heavy (non-hydrogen) atoms. The second-order valence-electron chi connectivity index (χ2n) is 7.30. The van der Waals surface area contributed by atoms with Gasteiger partial charge >= 0.3 is 6.03 Å². The second kappa shape index (κ2) is 10.3. The average molecular weight is 377 g/mol. The number of likely N-dealkylation sites (tertiary alicyclic amines) is 1. The number of anilines is 2. The predicted molar refractivity (Wildman–Crippen MR) is 108 cm³/mol. The zero-order chi connectivity index (χ0) is 19.8. The summed E-state index contributed by atoms with van der Waals surface area (Å²) in [5.41, 5.74) is 2.35. The number of urea groups is 1. The number of aryl methyl sites for hydroxylation is 1. The summed E-state index contributed by atoms with van der Waals surface area (Å²) in [6.45, 7) is 8.00. The maximum Gasteiger partial charge on any atom is 0.321 e. The minimum Gasteiger partial charge on any atom is -0.383 e. The highest BCUT2D eigenvalue weighted by Gasteiger charge is 2.22. The van der Waals surface area contributed by atoms with Crippen molar-refractivity contribution >= 4 is 23.3 Å². The van der Waals surface area contributed by atoms with Gasteiger partial charge in [-0.1, -0.05) is 6.07 Å². The van der Waals surface area contributed by atoms with Crippen molar-refractivity contribution in [2.45, 2.75) is 26.7 Å². The minimum absolute atomic E-state index is 0.125. The van der Waals surface area contributed by atoms with Gasteiger partial charge in [-0.3, -0.25) is 4.79 Å². The number of methoxy groups -OCH3 is 1. The minimum atomic E-state index is -0.134. The molecule has 1 saturated heterocycles. The molecule has 3 amide bonds. The highest BCUT2D eigenvalue weighted by Crippen LogP contribution is 2.22. The van der Waals surface area contributed by atoms with Crippen molar-refractivity contribution < 1.29 is 14.3 Å². The number of benzene rings is 1. The Morgan fingerprint density at radius 1 is 1.26 bits per heavy atom. The Hall–Kier alpha value is -2.12. The number of hydrogen-bond acceptors (Lipinski definition) is 4. The lowest BCUT2D eigenvalue weighted by atomic mass is 9.96. The van der Waals surface area contributed by atoms with Crippen LogP contribution in [-0.4, -0.2) is 68.7 Å². The number of carbonyl (C=O) groups excluding carboxylic acids is 2. The van der Waals surface area contributed by atoms with Crippen molar-refractivity contribution in [3.05, 3.63) is 23.8 Å². The Kier molecular flexibility index (Phi) is 8.06. The fraction of sp³-hybridized carbons (Fsp3) is 0.600. The Morgan fingerprint density at radius 3 is 2.59 bits per heavy atom. The van der Waals surface area contributed by atoms with Crippen LogP contribution in [0.1, 0.15) is 25.3 Å². The maximum absolute atomic E-state index is 12.6. The molecule has 0 saturated carbocycles. The van der Waals surface area contributed by atoms with Gasteiger partial charge in [0.1, 0.15) is 0 Å². The van der Waals surface area contributed by atoms with E-state index in [4.69, 9.17) is 4.74 Å². The zero-order valence-corrected chi connectivity index (χ0v) is 16.9. The van der Waals surface area contributed by atoms with E-state index < -0.39 is 0 Å². The van der Waals surface area contributed by atoms with Gasteiger partial charge < -0.3 is 25.2 Å². The summed E-state index contributed by atoms with van der Waals surface area (Å²) >= 11 is 0. The lowest BCUT2D eigenvalue weighted by molar-refractivity contribution is -0.114. The quantitative estimate of drug-likeness (QED) is 0.767. The average Bonchev–Trinajstić information content (AvgIpc) is 2.63. The van der Waals surface area contributed by atoms with Crippen molar-refractivity contribution in [1.29, 1.82) is 0 Å². The number of nitrogens with zero attached hydrogens (tertiary/aromatic N) is 2. The Morgan fingerprint density at radius 2 is 1.96 bits per heavy atom. The Balaban J connectivity index is 1.85. The first-order valence-electron chi connectivity index (χ1n) is 9.50. The van der Waals surface area contributed by atoms with E-state index in [2.05, 4.69) is 15.5 Å². The first-order chi connectivity index (χ1) is 12.9.